The third-order valence-corrected chi connectivity index (χ3v) is 1.90. The second-order valence-electron chi connectivity index (χ2n) is 1.90. The minimum absolute atomic E-state index is 0.521. The van der Waals surface area contributed by atoms with E-state index >= 15 is 0 Å². The largest absolute Gasteiger partial charge is 0.365 e. The molecular weight excluding hydrogens is 148 g/mol. The highest BCUT2D eigenvalue weighted by molar-refractivity contribution is 7.13. The van der Waals surface area contributed by atoms with Gasteiger partial charge in [0.25, 0.3) is 0 Å². The van der Waals surface area contributed by atoms with Crippen LogP contribution in [-0.4, -0.2) is 18.8 Å². The molecule has 1 N–H and O–H groups in total. The van der Waals surface area contributed by atoms with Crippen LogP contribution in [0.4, 0.5) is 5.13 Å². The Bertz CT molecular complexity index is 199. The van der Waals surface area contributed by atoms with Crippen molar-refractivity contribution in [3.05, 3.63) is 11.1 Å². The van der Waals surface area contributed by atoms with Crippen LogP contribution < -0.4 is 5.32 Å². The second-order valence-corrected chi connectivity index (χ2v) is 2.76. The normalized spacial score (nSPS) is 9.80. The molecule has 1 heterocycles. The Morgan fingerprint density at radius 1 is 1.80 bits per heavy atom. The van der Waals surface area contributed by atoms with Crippen LogP contribution in [0.1, 0.15) is 5.69 Å². The van der Waals surface area contributed by atoms with Crippen molar-refractivity contribution in [1.82, 2.24) is 4.98 Å². The smallest absolute Gasteiger partial charge is 0.184 e. The molecule has 1 aromatic heterocycles. The Morgan fingerprint density at radius 3 is 3.10 bits per heavy atom. The first-order valence-corrected chi connectivity index (χ1v) is 3.86. The zero-order chi connectivity index (χ0) is 7.40. The number of aromatic nitrogens is 1. The van der Waals surface area contributed by atoms with Crippen LogP contribution in [0, 0.1) is 6.92 Å². The van der Waals surface area contributed by atoms with Gasteiger partial charge in [-0.05, 0) is 6.92 Å². The number of anilines is 1. The van der Waals surface area contributed by atoms with Gasteiger partial charge in [-0.1, -0.05) is 0 Å². The number of hydrogen-bond donors (Lipinski definition) is 1. The molecule has 1 aromatic rings. The van der Waals surface area contributed by atoms with Crippen LogP contribution in [0.2, 0.25) is 0 Å². The first-order chi connectivity index (χ1) is 4.83. The summed E-state index contributed by atoms with van der Waals surface area (Å²) in [6.45, 7) is 2.49. The lowest BCUT2D eigenvalue weighted by Crippen LogP contribution is -2.02. The summed E-state index contributed by atoms with van der Waals surface area (Å²) in [7, 11) is 1.65. The third kappa shape index (κ3) is 1.97. The highest BCUT2D eigenvalue weighted by Gasteiger charge is 1.94. The molecule has 0 aliphatic carbocycles. The Morgan fingerprint density at radius 2 is 2.60 bits per heavy atom. The monoisotopic (exact) mass is 158 g/mol. The molecule has 1 rings (SSSR count). The van der Waals surface area contributed by atoms with Crippen molar-refractivity contribution in [3.8, 4) is 0 Å². The zero-order valence-corrected chi connectivity index (χ0v) is 6.86. The van der Waals surface area contributed by atoms with Gasteiger partial charge >= 0.3 is 0 Å². The van der Waals surface area contributed by atoms with Crippen molar-refractivity contribution in [2.75, 3.05) is 19.2 Å². The van der Waals surface area contributed by atoms with Crippen molar-refractivity contribution in [3.63, 3.8) is 0 Å². The summed E-state index contributed by atoms with van der Waals surface area (Å²) in [6.07, 6.45) is 0. The standard InChI is InChI=1S/C6H10N2OS/c1-5-3-10-6(8-5)7-4-9-2/h3H,4H2,1-2H3,(H,7,8). The molecule has 0 spiro atoms. The number of hydrogen-bond acceptors (Lipinski definition) is 4. The molecule has 0 aliphatic rings. The van der Waals surface area contributed by atoms with Crippen molar-refractivity contribution in [1.29, 1.82) is 0 Å². The van der Waals surface area contributed by atoms with E-state index in [0.717, 1.165) is 10.8 Å². The Balaban J connectivity index is 2.42. The molecular formula is C6H10N2OS. The van der Waals surface area contributed by atoms with Crippen LogP contribution >= 0.6 is 11.3 Å². The van der Waals surface area contributed by atoms with Gasteiger partial charge in [0, 0.05) is 12.5 Å². The first kappa shape index (κ1) is 7.50. The Kier molecular flexibility index (Phi) is 2.65. The van der Waals surface area contributed by atoms with E-state index in [4.69, 9.17) is 4.74 Å². The minimum Gasteiger partial charge on any atom is -0.365 e. The van der Waals surface area contributed by atoms with Crippen LogP contribution in [0.15, 0.2) is 5.38 Å². The summed E-state index contributed by atoms with van der Waals surface area (Å²) in [5.41, 5.74) is 1.05. The van der Waals surface area contributed by atoms with Crippen molar-refractivity contribution in [2.45, 2.75) is 6.92 Å². The predicted octanol–water partition coefficient (Wildman–Crippen LogP) is 1.47. The van der Waals surface area contributed by atoms with Crippen LogP contribution in [0.3, 0.4) is 0 Å². The molecule has 0 unspecified atom stereocenters. The molecule has 0 radical (unpaired) electrons. The van der Waals surface area contributed by atoms with E-state index in [-0.39, 0.29) is 0 Å². The Labute approximate surface area is 64.0 Å². The number of ether oxygens (including phenoxy) is 1. The lowest BCUT2D eigenvalue weighted by molar-refractivity contribution is 0.221. The van der Waals surface area contributed by atoms with Gasteiger partial charge in [0.1, 0.15) is 6.73 Å². The number of aryl methyl sites for hydroxylation is 1. The third-order valence-electron chi connectivity index (χ3n) is 0.987. The van der Waals surface area contributed by atoms with Gasteiger partial charge in [0.2, 0.25) is 0 Å². The maximum absolute atomic E-state index is 4.81. The van der Waals surface area contributed by atoms with Gasteiger partial charge in [0.15, 0.2) is 5.13 Å². The molecule has 3 nitrogen and oxygen atoms in total. The maximum Gasteiger partial charge on any atom is 0.184 e. The number of nitrogens with one attached hydrogen (secondary N) is 1. The first-order valence-electron chi connectivity index (χ1n) is 2.98. The molecule has 0 fully saturated rings. The lowest BCUT2D eigenvalue weighted by Gasteiger charge is -1.97. The second kappa shape index (κ2) is 3.53. The van der Waals surface area contributed by atoms with Crippen molar-refractivity contribution < 1.29 is 4.74 Å². The molecule has 0 aromatic carbocycles. The van der Waals surface area contributed by atoms with E-state index in [2.05, 4.69) is 10.3 Å². The molecule has 0 amide bonds. The fourth-order valence-electron chi connectivity index (χ4n) is 0.569. The van der Waals surface area contributed by atoms with E-state index in [1.807, 2.05) is 12.3 Å². The SMILES string of the molecule is COCNc1nc(C)cs1. The summed E-state index contributed by atoms with van der Waals surface area (Å²) in [5, 5.41) is 5.91. The highest BCUT2D eigenvalue weighted by atomic mass is 32.1. The molecule has 56 valence electrons. The summed E-state index contributed by atoms with van der Waals surface area (Å²) in [4.78, 5) is 4.18. The van der Waals surface area contributed by atoms with Crippen LogP contribution in [-0.2, 0) is 4.74 Å². The molecule has 0 aliphatic heterocycles. The average Bonchev–Trinajstić information content (AvgIpc) is 2.31. The fourth-order valence-corrected chi connectivity index (χ4v) is 1.24. The van der Waals surface area contributed by atoms with Gasteiger partial charge in [-0.2, -0.15) is 0 Å². The van der Waals surface area contributed by atoms with Gasteiger partial charge in [-0.15, -0.1) is 11.3 Å². The lowest BCUT2D eigenvalue weighted by atomic mass is 10.6. The molecule has 0 saturated carbocycles. The highest BCUT2D eigenvalue weighted by Crippen LogP contribution is 2.13. The summed E-state index contributed by atoms with van der Waals surface area (Å²) < 4.78 is 4.81. The molecule has 0 atom stereocenters. The number of methoxy groups -OCH3 is 1. The van der Waals surface area contributed by atoms with Crippen LogP contribution in [0.25, 0.3) is 0 Å². The molecule has 4 heteroatoms. The van der Waals surface area contributed by atoms with E-state index < -0.39 is 0 Å². The van der Waals surface area contributed by atoms with Crippen molar-refractivity contribution in [2.24, 2.45) is 0 Å². The predicted molar refractivity (Wildman–Crippen MR) is 42.3 cm³/mol. The number of thiazole rings is 1. The molecule has 0 saturated heterocycles. The van der Waals surface area contributed by atoms with Gasteiger partial charge in [0.05, 0.1) is 5.69 Å². The van der Waals surface area contributed by atoms with Gasteiger partial charge in [-0.25, -0.2) is 4.98 Å². The van der Waals surface area contributed by atoms with Crippen molar-refractivity contribution >= 4 is 16.5 Å². The van der Waals surface area contributed by atoms with Gasteiger partial charge in [-0.3, -0.25) is 0 Å². The van der Waals surface area contributed by atoms with E-state index in [1.165, 1.54) is 0 Å². The topological polar surface area (TPSA) is 34.1 Å². The summed E-state index contributed by atoms with van der Waals surface area (Å²) in [5.74, 6) is 0. The van der Waals surface area contributed by atoms with E-state index in [1.54, 1.807) is 18.4 Å². The van der Waals surface area contributed by atoms with E-state index in [0.29, 0.717) is 6.73 Å². The number of rotatable bonds is 3. The summed E-state index contributed by atoms with van der Waals surface area (Å²) >= 11 is 1.59. The van der Waals surface area contributed by atoms with E-state index in [9.17, 15) is 0 Å². The number of nitrogens with zero attached hydrogens (tertiary/aromatic N) is 1. The average molecular weight is 158 g/mol. The minimum atomic E-state index is 0.521. The van der Waals surface area contributed by atoms with Gasteiger partial charge < -0.3 is 10.1 Å². The maximum atomic E-state index is 4.81. The zero-order valence-electron chi connectivity index (χ0n) is 6.05. The Hall–Kier alpha value is -0.610. The fraction of sp³-hybridized carbons (Fsp3) is 0.500. The van der Waals surface area contributed by atoms with Crippen LogP contribution in [0.5, 0.6) is 0 Å². The quantitative estimate of drug-likeness (QED) is 0.676. The molecule has 10 heavy (non-hydrogen) atoms. The summed E-state index contributed by atoms with van der Waals surface area (Å²) in [6, 6.07) is 0. The molecule has 0 bridgehead atoms.